The molecule has 2 heterocycles. The van der Waals surface area contributed by atoms with Gasteiger partial charge in [-0.15, -0.1) is 0 Å². The molecule has 1 aromatic heterocycles. The number of carbonyl (C=O) groups is 1. The van der Waals surface area contributed by atoms with E-state index in [-0.39, 0.29) is 17.6 Å². The molecule has 0 unspecified atom stereocenters. The monoisotopic (exact) mass is 398 g/mol. The number of rotatable bonds is 4. The number of hydrogen-bond acceptors (Lipinski definition) is 5. The number of amides is 1. The van der Waals surface area contributed by atoms with Crippen molar-refractivity contribution >= 4 is 32.5 Å². The van der Waals surface area contributed by atoms with Crippen molar-refractivity contribution in [2.75, 3.05) is 37.3 Å². The Morgan fingerprint density at radius 3 is 2.29 bits per heavy atom. The second-order valence-corrected chi connectivity index (χ2v) is 8.85. The van der Waals surface area contributed by atoms with Gasteiger partial charge in [-0.25, -0.2) is 13.4 Å². The van der Waals surface area contributed by atoms with Crippen LogP contribution in [0.1, 0.15) is 0 Å². The number of hydrogen-bond donors (Lipinski definition) is 0. The summed E-state index contributed by atoms with van der Waals surface area (Å²) < 4.78 is 25.8. The lowest BCUT2D eigenvalue weighted by Gasteiger charge is -2.36. The van der Waals surface area contributed by atoms with Crippen LogP contribution in [0, 0.1) is 0 Å². The molecule has 4 rings (SSSR count). The highest BCUT2D eigenvalue weighted by atomic mass is 32.2. The minimum atomic E-state index is -3.54. The molecule has 0 saturated carbocycles. The standard InChI is InChI=1S/C20H22N4O3S/c1-28(26,27)20-21-17-9-5-6-10-18(17)24(20)15-19(25)23-13-11-22(12-14-23)16-7-3-2-4-8-16/h2-10H,11-15H2,1H3. The quantitative estimate of drug-likeness (QED) is 0.670. The first kappa shape index (κ1) is 18.5. The lowest BCUT2D eigenvalue weighted by atomic mass is 10.2. The van der Waals surface area contributed by atoms with E-state index < -0.39 is 9.84 Å². The van der Waals surface area contributed by atoms with E-state index >= 15 is 0 Å². The second kappa shape index (κ2) is 7.27. The molecule has 0 N–H and O–H groups in total. The van der Waals surface area contributed by atoms with Crippen LogP contribution in [0.2, 0.25) is 0 Å². The average Bonchev–Trinajstić information content (AvgIpc) is 3.08. The molecule has 2 aromatic carbocycles. The van der Waals surface area contributed by atoms with Crippen molar-refractivity contribution in [3.8, 4) is 0 Å². The molecule has 146 valence electrons. The number of imidazole rings is 1. The van der Waals surface area contributed by atoms with Crippen LogP contribution in [0.4, 0.5) is 5.69 Å². The number of aromatic nitrogens is 2. The number of benzene rings is 2. The number of sulfone groups is 1. The molecule has 1 amide bonds. The second-order valence-electron chi connectivity index (χ2n) is 6.94. The van der Waals surface area contributed by atoms with Gasteiger partial charge in [0.15, 0.2) is 0 Å². The van der Waals surface area contributed by atoms with Gasteiger partial charge < -0.3 is 14.4 Å². The zero-order valence-corrected chi connectivity index (χ0v) is 16.5. The van der Waals surface area contributed by atoms with Crippen LogP contribution >= 0.6 is 0 Å². The summed E-state index contributed by atoms with van der Waals surface area (Å²) in [5, 5.41) is -0.0648. The summed E-state index contributed by atoms with van der Waals surface area (Å²) in [6.07, 6.45) is 1.12. The highest BCUT2D eigenvalue weighted by Crippen LogP contribution is 2.20. The van der Waals surface area contributed by atoms with Gasteiger partial charge in [0.25, 0.3) is 0 Å². The summed E-state index contributed by atoms with van der Waals surface area (Å²) in [6.45, 7) is 2.68. The Morgan fingerprint density at radius 1 is 0.964 bits per heavy atom. The average molecular weight is 398 g/mol. The smallest absolute Gasteiger partial charge is 0.242 e. The van der Waals surface area contributed by atoms with Gasteiger partial charge in [-0.3, -0.25) is 4.79 Å². The zero-order valence-electron chi connectivity index (χ0n) is 15.7. The van der Waals surface area contributed by atoms with Crippen LogP contribution in [0.3, 0.4) is 0 Å². The largest absolute Gasteiger partial charge is 0.368 e. The van der Waals surface area contributed by atoms with Gasteiger partial charge in [0.1, 0.15) is 6.54 Å². The third-order valence-electron chi connectivity index (χ3n) is 5.00. The third kappa shape index (κ3) is 3.60. The molecule has 0 bridgehead atoms. The van der Waals surface area contributed by atoms with E-state index in [1.165, 1.54) is 4.57 Å². The van der Waals surface area contributed by atoms with Gasteiger partial charge in [0.05, 0.1) is 11.0 Å². The molecule has 1 aliphatic heterocycles. The number of anilines is 1. The molecule has 0 atom stereocenters. The van der Waals surface area contributed by atoms with Gasteiger partial charge in [-0.2, -0.15) is 0 Å². The van der Waals surface area contributed by atoms with E-state index in [4.69, 9.17) is 0 Å². The van der Waals surface area contributed by atoms with Crippen LogP contribution in [0.15, 0.2) is 59.8 Å². The lowest BCUT2D eigenvalue weighted by Crippen LogP contribution is -2.49. The molecular formula is C20H22N4O3S. The number of piperazine rings is 1. The van der Waals surface area contributed by atoms with Crippen molar-refractivity contribution in [1.82, 2.24) is 14.5 Å². The van der Waals surface area contributed by atoms with Crippen LogP contribution in [-0.4, -0.2) is 61.2 Å². The van der Waals surface area contributed by atoms with Crippen LogP contribution in [0.5, 0.6) is 0 Å². The molecule has 7 nitrogen and oxygen atoms in total. The van der Waals surface area contributed by atoms with Crippen LogP contribution < -0.4 is 4.90 Å². The molecule has 8 heteroatoms. The topological polar surface area (TPSA) is 75.5 Å². The Balaban J connectivity index is 1.52. The normalized spacial score (nSPS) is 15.2. The Morgan fingerprint density at radius 2 is 1.61 bits per heavy atom. The Kier molecular flexibility index (Phi) is 4.80. The summed E-state index contributed by atoms with van der Waals surface area (Å²) in [6, 6.07) is 17.3. The van der Waals surface area contributed by atoms with Gasteiger partial charge >= 0.3 is 0 Å². The molecule has 28 heavy (non-hydrogen) atoms. The predicted octanol–water partition coefficient (Wildman–Crippen LogP) is 1.79. The van der Waals surface area contributed by atoms with E-state index in [9.17, 15) is 13.2 Å². The molecule has 0 spiro atoms. The van der Waals surface area contributed by atoms with Crippen LogP contribution in [0.25, 0.3) is 11.0 Å². The van der Waals surface area contributed by atoms with Crippen molar-refractivity contribution in [3.05, 3.63) is 54.6 Å². The fourth-order valence-corrected chi connectivity index (χ4v) is 4.40. The fourth-order valence-electron chi connectivity index (χ4n) is 3.58. The van der Waals surface area contributed by atoms with Crippen LogP contribution in [-0.2, 0) is 21.2 Å². The van der Waals surface area contributed by atoms with E-state index in [1.807, 2.05) is 24.3 Å². The molecule has 0 radical (unpaired) electrons. The number of para-hydroxylation sites is 3. The molecule has 1 saturated heterocycles. The predicted molar refractivity (Wildman–Crippen MR) is 108 cm³/mol. The van der Waals surface area contributed by atoms with Crippen molar-refractivity contribution in [2.45, 2.75) is 11.7 Å². The Bertz CT molecular complexity index is 1100. The first-order chi connectivity index (χ1) is 13.4. The highest BCUT2D eigenvalue weighted by Gasteiger charge is 2.25. The first-order valence-electron chi connectivity index (χ1n) is 9.16. The molecular weight excluding hydrogens is 376 g/mol. The van der Waals surface area contributed by atoms with E-state index in [1.54, 1.807) is 23.1 Å². The molecule has 3 aromatic rings. The van der Waals surface area contributed by atoms with Gasteiger partial charge in [-0.05, 0) is 24.3 Å². The number of carbonyl (C=O) groups excluding carboxylic acids is 1. The zero-order chi connectivity index (χ0) is 19.7. The summed E-state index contributed by atoms with van der Waals surface area (Å²) in [4.78, 5) is 21.2. The SMILES string of the molecule is CS(=O)(=O)c1nc2ccccc2n1CC(=O)N1CCN(c2ccccc2)CC1. The van der Waals surface area contributed by atoms with Crippen molar-refractivity contribution in [2.24, 2.45) is 0 Å². The maximum absolute atomic E-state index is 12.9. The summed E-state index contributed by atoms with van der Waals surface area (Å²) in [5.41, 5.74) is 2.37. The summed E-state index contributed by atoms with van der Waals surface area (Å²) in [7, 11) is -3.54. The molecule has 0 aliphatic carbocycles. The van der Waals surface area contributed by atoms with Crippen molar-refractivity contribution in [1.29, 1.82) is 0 Å². The van der Waals surface area contributed by atoms with Gasteiger partial charge in [0, 0.05) is 38.1 Å². The van der Waals surface area contributed by atoms with E-state index in [0.29, 0.717) is 24.1 Å². The summed E-state index contributed by atoms with van der Waals surface area (Å²) in [5.74, 6) is -0.0965. The maximum Gasteiger partial charge on any atom is 0.242 e. The Hall–Kier alpha value is -2.87. The number of fused-ring (bicyclic) bond motifs is 1. The van der Waals surface area contributed by atoms with Gasteiger partial charge in [-0.1, -0.05) is 30.3 Å². The minimum Gasteiger partial charge on any atom is -0.368 e. The maximum atomic E-state index is 12.9. The fraction of sp³-hybridized carbons (Fsp3) is 0.300. The minimum absolute atomic E-state index is 0.0335. The summed E-state index contributed by atoms with van der Waals surface area (Å²) >= 11 is 0. The Labute approximate surface area is 164 Å². The molecule has 1 aliphatic rings. The van der Waals surface area contributed by atoms with Crippen molar-refractivity contribution < 1.29 is 13.2 Å². The highest BCUT2D eigenvalue weighted by molar-refractivity contribution is 7.90. The first-order valence-corrected chi connectivity index (χ1v) is 11.1. The number of nitrogens with zero attached hydrogens (tertiary/aromatic N) is 4. The van der Waals surface area contributed by atoms with E-state index in [2.05, 4.69) is 22.0 Å². The lowest BCUT2D eigenvalue weighted by molar-refractivity contribution is -0.132. The third-order valence-corrected chi connectivity index (χ3v) is 5.97. The molecule has 1 fully saturated rings. The van der Waals surface area contributed by atoms with E-state index in [0.717, 1.165) is 25.0 Å². The van der Waals surface area contributed by atoms with Crippen molar-refractivity contribution in [3.63, 3.8) is 0 Å². The van der Waals surface area contributed by atoms with Gasteiger partial charge in [0.2, 0.25) is 20.9 Å².